The van der Waals surface area contributed by atoms with Gasteiger partial charge < -0.3 is 23.9 Å². The average Bonchev–Trinajstić information content (AvgIpc) is 3.23. The van der Waals surface area contributed by atoms with Crippen molar-refractivity contribution in [3.8, 4) is 0 Å². The number of nitrogens with zero attached hydrogens (tertiary/aromatic N) is 2. The van der Waals surface area contributed by atoms with Crippen molar-refractivity contribution in [2.75, 3.05) is 32.1 Å². The van der Waals surface area contributed by atoms with Crippen LogP contribution in [0.5, 0.6) is 0 Å². The van der Waals surface area contributed by atoms with Crippen molar-refractivity contribution >= 4 is 17.5 Å². The number of amides is 2. The van der Waals surface area contributed by atoms with Gasteiger partial charge in [0.2, 0.25) is 5.91 Å². The van der Waals surface area contributed by atoms with E-state index in [9.17, 15) is 14.4 Å². The first-order chi connectivity index (χ1) is 13.6. The van der Waals surface area contributed by atoms with Crippen LogP contribution in [0.2, 0.25) is 0 Å². The lowest BCUT2D eigenvalue weighted by Crippen LogP contribution is -2.49. The molecule has 0 unspecified atom stereocenters. The number of ether oxygens (including phenoxy) is 1. The molecule has 2 aromatic heterocycles. The van der Waals surface area contributed by atoms with Crippen LogP contribution in [0.1, 0.15) is 35.0 Å². The summed E-state index contributed by atoms with van der Waals surface area (Å²) in [6, 6.07) is 6.69. The molecule has 4 rings (SSSR count). The molecular weight excluding hydrogens is 362 g/mol. The lowest BCUT2D eigenvalue weighted by atomic mass is 9.83. The van der Waals surface area contributed by atoms with E-state index in [1.807, 2.05) is 11.0 Å². The van der Waals surface area contributed by atoms with E-state index in [0.717, 1.165) is 12.1 Å². The lowest BCUT2D eigenvalue weighted by molar-refractivity contribution is -0.134. The largest absolute Gasteiger partial charge is 0.459 e. The van der Waals surface area contributed by atoms with Gasteiger partial charge >= 0.3 is 0 Å². The number of piperidine rings is 1. The first-order valence-electron chi connectivity index (χ1n) is 9.42. The van der Waals surface area contributed by atoms with Crippen LogP contribution in [0.15, 0.2) is 39.7 Å². The van der Waals surface area contributed by atoms with Crippen molar-refractivity contribution < 1.29 is 18.7 Å². The first-order valence-corrected chi connectivity index (χ1v) is 9.42. The van der Waals surface area contributed by atoms with Crippen LogP contribution in [0.25, 0.3) is 0 Å². The maximum absolute atomic E-state index is 12.9. The second-order valence-corrected chi connectivity index (χ2v) is 7.36. The number of aromatic nitrogens is 1. The molecular formula is C20H23N3O5. The van der Waals surface area contributed by atoms with Gasteiger partial charge in [0, 0.05) is 38.4 Å². The third kappa shape index (κ3) is 3.47. The maximum Gasteiger partial charge on any atom is 0.291 e. The normalized spacial score (nSPS) is 20.5. The molecule has 4 heterocycles. The Morgan fingerprint density at radius 2 is 2.11 bits per heavy atom. The molecule has 2 bridgehead atoms. The number of hydrogen-bond donors (Lipinski definition) is 1. The number of fused-ring (bicyclic) bond motifs is 4. The molecule has 2 amide bonds. The summed E-state index contributed by atoms with van der Waals surface area (Å²) in [7, 11) is 1.59. The lowest BCUT2D eigenvalue weighted by Gasteiger charge is -2.43. The van der Waals surface area contributed by atoms with Crippen LogP contribution < -0.4 is 10.9 Å². The molecule has 148 valence electrons. The number of nitrogens with one attached hydrogen (secondary N) is 1. The van der Waals surface area contributed by atoms with Crippen LogP contribution >= 0.6 is 0 Å². The van der Waals surface area contributed by atoms with Gasteiger partial charge in [-0.15, -0.1) is 0 Å². The Morgan fingerprint density at radius 3 is 2.86 bits per heavy atom. The second-order valence-electron chi connectivity index (χ2n) is 7.36. The van der Waals surface area contributed by atoms with Crippen molar-refractivity contribution in [1.29, 1.82) is 0 Å². The van der Waals surface area contributed by atoms with Gasteiger partial charge in [0.05, 0.1) is 19.3 Å². The Labute approximate surface area is 162 Å². The first kappa shape index (κ1) is 18.5. The molecule has 1 N–H and O–H groups in total. The highest BCUT2D eigenvalue weighted by molar-refractivity contribution is 6.02. The van der Waals surface area contributed by atoms with Gasteiger partial charge in [-0.3, -0.25) is 14.4 Å². The second kappa shape index (κ2) is 7.63. The van der Waals surface area contributed by atoms with Gasteiger partial charge in [-0.25, -0.2) is 0 Å². The van der Waals surface area contributed by atoms with Crippen molar-refractivity contribution in [2.45, 2.75) is 25.3 Å². The van der Waals surface area contributed by atoms with Crippen molar-refractivity contribution in [2.24, 2.45) is 5.92 Å². The smallest absolute Gasteiger partial charge is 0.291 e. The van der Waals surface area contributed by atoms with Gasteiger partial charge in [0.15, 0.2) is 5.76 Å². The Morgan fingerprint density at radius 1 is 1.25 bits per heavy atom. The summed E-state index contributed by atoms with van der Waals surface area (Å²) in [6.07, 6.45) is 2.75. The molecule has 28 heavy (non-hydrogen) atoms. The SMILES string of the molecule is COCCC(=O)N1C[C@H]2C[C@H](C1)c1ccc(NC(=O)c3ccco3)c(=O)n1C2. The Kier molecular flexibility index (Phi) is 5.04. The third-order valence-electron chi connectivity index (χ3n) is 5.47. The number of methoxy groups -OCH3 is 1. The Bertz CT molecular complexity index is 934. The fourth-order valence-electron chi connectivity index (χ4n) is 4.18. The minimum absolute atomic E-state index is 0.0923. The van der Waals surface area contributed by atoms with Gasteiger partial charge in [-0.1, -0.05) is 0 Å². The number of likely N-dealkylation sites (tertiary alicyclic amines) is 1. The summed E-state index contributed by atoms with van der Waals surface area (Å²) in [6.45, 7) is 2.22. The summed E-state index contributed by atoms with van der Waals surface area (Å²) in [5.41, 5.74) is 0.936. The van der Waals surface area contributed by atoms with E-state index in [1.54, 1.807) is 29.9 Å². The van der Waals surface area contributed by atoms with E-state index in [-0.39, 0.29) is 34.7 Å². The van der Waals surface area contributed by atoms with Crippen molar-refractivity contribution in [1.82, 2.24) is 9.47 Å². The molecule has 1 saturated heterocycles. The van der Waals surface area contributed by atoms with E-state index in [2.05, 4.69) is 5.32 Å². The van der Waals surface area contributed by atoms with Crippen molar-refractivity contribution in [3.05, 3.63) is 52.3 Å². The molecule has 2 aromatic rings. The highest BCUT2D eigenvalue weighted by Gasteiger charge is 2.36. The zero-order chi connectivity index (χ0) is 19.7. The molecule has 8 heteroatoms. The molecule has 0 radical (unpaired) electrons. The van der Waals surface area contributed by atoms with E-state index in [1.165, 1.54) is 6.26 Å². The monoisotopic (exact) mass is 385 g/mol. The zero-order valence-electron chi connectivity index (χ0n) is 15.7. The minimum atomic E-state index is -0.450. The summed E-state index contributed by atoms with van der Waals surface area (Å²) in [5, 5.41) is 2.63. The van der Waals surface area contributed by atoms with E-state index < -0.39 is 5.91 Å². The molecule has 0 aromatic carbocycles. The summed E-state index contributed by atoms with van der Waals surface area (Å²) in [5.74, 6) is 0.153. The van der Waals surface area contributed by atoms with Gasteiger partial charge in [0.25, 0.3) is 11.5 Å². The topological polar surface area (TPSA) is 93.8 Å². The quantitative estimate of drug-likeness (QED) is 0.845. The predicted octanol–water partition coefficient (Wildman–Crippen LogP) is 1.68. The van der Waals surface area contributed by atoms with Crippen LogP contribution in [-0.4, -0.2) is 48.1 Å². The number of pyridine rings is 1. The molecule has 2 aliphatic rings. The average molecular weight is 385 g/mol. The van der Waals surface area contributed by atoms with E-state index in [4.69, 9.17) is 9.15 Å². The fourth-order valence-corrected chi connectivity index (χ4v) is 4.18. The minimum Gasteiger partial charge on any atom is -0.459 e. The zero-order valence-corrected chi connectivity index (χ0v) is 15.7. The summed E-state index contributed by atoms with van der Waals surface area (Å²) in [4.78, 5) is 39.4. The van der Waals surface area contributed by atoms with Crippen LogP contribution in [0.3, 0.4) is 0 Å². The van der Waals surface area contributed by atoms with E-state index >= 15 is 0 Å². The van der Waals surface area contributed by atoms with Gasteiger partial charge in [-0.05, 0) is 36.6 Å². The van der Waals surface area contributed by atoms with Crippen LogP contribution in [-0.2, 0) is 16.1 Å². The van der Waals surface area contributed by atoms with Gasteiger partial charge in [0.1, 0.15) is 5.69 Å². The number of hydrogen-bond acceptors (Lipinski definition) is 5. The Hall–Kier alpha value is -2.87. The molecule has 0 aliphatic carbocycles. The molecule has 8 nitrogen and oxygen atoms in total. The standard InChI is InChI=1S/C20H23N3O5/c1-27-8-6-18(24)22-10-13-9-14(12-22)16-5-4-15(20(26)23(16)11-13)21-19(25)17-3-2-7-28-17/h2-5,7,13-14H,6,8-12H2,1H3,(H,21,25)/t13-,14-/m1/s1. The molecule has 0 saturated carbocycles. The maximum atomic E-state index is 12.9. The molecule has 0 spiro atoms. The number of carbonyl (C=O) groups excluding carboxylic acids is 2. The number of rotatable bonds is 5. The molecule has 2 aliphatic heterocycles. The van der Waals surface area contributed by atoms with Crippen LogP contribution in [0.4, 0.5) is 5.69 Å². The number of carbonyl (C=O) groups is 2. The molecule has 2 atom stereocenters. The summed E-state index contributed by atoms with van der Waals surface area (Å²) < 4.78 is 11.8. The van der Waals surface area contributed by atoms with Crippen LogP contribution in [0, 0.1) is 5.92 Å². The van der Waals surface area contributed by atoms with Gasteiger partial charge in [-0.2, -0.15) is 0 Å². The number of anilines is 1. The highest BCUT2D eigenvalue weighted by atomic mass is 16.5. The third-order valence-corrected chi connectivity index (χ3v) is 5.47. The Balaban J connectivity index is 1.54. The number of furan rings is 1. The summed E-state index contributed by atoms with van der Waals surface area (Å²) >= 11 is 0. The highest BCUT2D eigenvalue weighted by Crippen LogP contribution is 2.35. The predicted molar refractivity (Wildman–Crippen MR) is 101 cm³/mol. The fraction of sp³-hybridized carbons (Fsp3) is 0.450. The van der Waals surface area contributed by atoms with E-state index in [0.29, 0.717) is 32.7 Å². The van der Waals surface area contributed by atoms with Crippen molar-refractivity contribution in [3.63, 3.8) is 0 Å². The molecule has 1 fully saturated rings.